The van der Waals surface area contributed by atoms with Gasteiger partial charge in [0.05, 0.1) is 18.2 Å². The minimum absolute atomic E-state index is 0.0804. The molecule has 3 aromatic rings. The smallest absolute Gasteiger partial charge is 0.223 e. The second-order valence-electron chi connectivity index (χ2n) is 6.30. The van der Waals surface area contributed by atoms with E-state index in [4.69, 9.17) is 4.74 Å². The third kappa shape index (κ3) is 3.60. The fourth-order valence-corrected chi connectivity index (χ4v) is 2.59. The number of aromatic nitrogens is 2. The summed E-state index contributed by atoms with van der Waals surface area (Å²) < 4.78 is 5.44. The van der Waals surface area contributed by atoms with E-state index in [9.17, 15) is 4.79 Å². The number of nitrogens with zero attached hydrogens (tertiary/aromatic N) is 2. The average molecular weight is 335 g/mol. The SMILES string of the molecule is COc1cc2nc(NC(C)C)ncc2cc1C(=O)c1ccc(C)cc1. The Hall–Kier alpha value is -2.95. The summed E-state index contributed by atoms with van der Waals surface area (Å²) in [5.74, 6) is 0.984. The molecular weight excluding hydrogens is 314 g/mol. The summed E-state index contributed by atoms with van der Waals surface area (Å²) in [7, 11) is 1.56. The van der Waals surface area contributed by atoms with Crippen LogP contribution in [0.2, 0.25) is 0 Å². The minimum Gasteiger partial charge on any atom is -0.496 e. The first-order valence-corrected chi connectivity index (χ1v) is 8.20. The van der Waals surface area contributed by atoms with Crippen LogP contribution in [0.25, 0.3) is 10.9 Å². The lowest BCUT2D eigenvalue weighted by Gasteiger charge is -2.12. The van der Waals surface area contributed by atoms with Gasteiger partial charge in [0.1, 0.15) is 5.75 Å². The van der Waals surface area contributed by atoms with Crippen molar-refractivity contribution >= 4 is 22.6 Å². The molecule has 5 nitrogen and oxygen atoms in total. The number of benzene rings is 2. The maximum atomic E-state index is 12.9. The Morgan fingerprint density at radius 3 is 2.52 bits per heavy atom. The number of methoxy groups -OCH3 is 1. The molecule has 0 saturated carbocycles. The molecule has 1 aromatic heterocycles. The van der Waals surface area contributed by atoms with Crippen LogP contribution in [0.3, 0.4) is 0 Å². The van der Waals surface area contributed by atoms with Crippen LogP contribution in [0, 0.1) is 6.92 Å². The molecule has 0 aliphatic carbocycles. The molecule has 0 amide bonds. The number of carbonyl (C=O) groups is 1. The van der Waals surface area contributed by atoms with Crippen molar-refractivity contribution in [3.63, 3.8) is 0 Å². The van der Waals surface area contributed by atoms with E-state index in [0.29, 0.717) is 22.8 Å². The lowest BCUT2D eigenvalue weighted by atomic mass is 10.00. The zero-order valence-electron chi connectivity index (χ0n) is 14.8. The maximum absolute atomic E-state index is 12.9. The molecule has 25 heavy (non-hydrogen) atoms. The minimum atomic E-state index is -0.0804. The zero-order chi connectivity index (χ0) is 18.0. The molecule has 128 valence electrons. The summed E-state index contributed by atoms with van der Waals surface area (Å²) in [6.45, 7) is 6.04. The number of nitrogens with one attached hydrogen (secondary N) is 1. The topological polar surface area (TPSA) is 64.1 Å². The van der Waals surface area contributed by atoms with E-state index in [0.717, 1.165) is 16.5 Å². The Morgan fingerprint density at radius 1 is 1.16 bits per heavy atom. The van der Waals surface area contributed by atoms with Crippen molar-refractivity contribution in [3.05, 3.63) is 59.3 Å². The van der Waals surface area contributed by atoms with Gasteiger partial charge in [-0.15, -0.1) is 0 Å². The predicted octanol–water partition coefficient (Wildman–Crippen LogP) is 4.00. The standard InChI is InChI=1S/C20H21N3O2/c1-12(2)22-20-21-11-15-9-16(18(25-4)10-17(15)23-20)19(24)14-7-5-13(3)6-8-14/h5-12H,1-4H3,(H,21,22,23). The fourth-order valence-electron chi connectivity index (χ4n) is 2.59. The number of carbonyl (C=O) groups excluding carboxylic acids is 1. The second-order valence-corrected chi connectivity index (χ2v) is 6.30. The molecule has 0 fully saturated rings. The molecule has 1 N–H and O–H groups in total. The van der Waals surface area contributed by atoms with Gasteiger partial charge in [0.15, 0.2) is 5.78 Å². The van der Waals surface area contributed by atoms with Crippen LogP contribution in [0.15, 0.2) is 42.6 Å². The van der Waals surface area contributed by atoms with Gasteiger partial charge in [-0.2, -0.15) is 0 Å². The molecule has 0 aliphatic rings. The van der Waals surface area contributed by atoms with Crippen molar-refractivity contribution in [2.24, 2.45) is 0 Å². The lowest BCUT2D eigenvalue weighted by Crippen LogP contribution is -2.12. The molecule has 0 aliphatic heterocycles. The molecule has 3 rings (SSSR count). The van der Waals surface area contributed by atoms with Gasteiger partial charge in [-0.25, -0.2) is 9.97 Å². The molecular formula is C20H21N3O2. The number of fused-ring (bicyclic) bond motifs is 1. The zero-order valence-corrected chi connectivity index (χ0v) is 14.8. The molecule has 2 aromatic carbocycles. The van der Waals surface area contributed by atoms with Gasteiger partial charge in [-0.1, -0.05) is 29.8 Å². The Bertz CT molecular complexity index is 918. The van der Waals surface area contributed by atoms with Crippen molar-refractivity contribution in [1.29, 1.82) is 0 Å². The summed E-state index contributed by atoms with van der Waals surface area (Å²) in [4.78, 5) is 21.7. The molecule has 1 heterocycles. The van der Waals surface area contributed by atoms with Crippen LogP contribution >= 0.6 is 0 Å². The van der Waals surface area contributed by atoms with E-state index in [1.54, 1.807) is 25.4 Å². The number of ketones is 1. The highest BCUT2D eigenvalue weighted by atomic mass is 16.5. The third-order valence-electron chi connectivity index (χ3n) is 3.88. The van der Waals surface area contributed by atoms with Crippen molar-refractivity contribution in [1.82, 2.24) is 9.97 Å². The van der Waals surface area contributed by atoms with Gasteiger partial charge in [-0.3, -0.25) is 4.79 Å². The van der Waals surface area contributed by atoms with E-state index < -0.39 is 0 Å². The molecule has 0 spiro atoms. The first-order chi connectivity index (χ1) is 12.0. The molecule has 0 unspecified atom stereocenters. The predicted molar refractivity (Wildman–Crippen MR) is 99.5 cm³/mol. The number of ether oxygens (including phenoxy) is 1. The van der Waals surface area contributed by atoms with Crippen LogP contribution < -0.4 is 10.1 Å². The van der Waals surface area contributed by atoms with Crippen molar-refractivity contribution in [2.75, 3.05) is 12.4 Å². The normalized spacial score (nSPS) is 10.9. The van der Waals surface area contributed by atoms with Gasteiger partial charge in [0.25, 0.3) is 0 Å². The van der Waals surface area contributed by atoms with E-state index in [2.05, 4.69) is 15.3 Å². The first kappa shape index (κ1) is 16.9. The molecule has 5 heteroatoms. The molecule has 0 saturated heterocycles. The van der Waals surface area contributed by atoms with Crippen LogP contribution in [0.5, 0.6) is 5.75 Å². The summed E-state index contributed by atoms with van der Waals surface area (Å²) in [6, 6.07) is 11.3. The van der Waals surface area contributed by atoms with E-state index in [-0.39, 0.29) is 11.8 Å². The molecule has 0 atom stereocenters. The van der Waals surface area contributed by atoms with E-state index >= 15 is 0 Å². The average Bonchev–Trinajstić information content (AvgIpc) is 2.60. The monoisotopic (exact) mass is 335 g/mol. The number of hydrogen-bond acceptors (Lipinski definition) is 5. The number of anilines is 1. The third-order valence-corrected chi connectivity index (χ3v) is 3.88. The fraction of sp³-hybridized carbons (Fsp3) is 0.250. The molecule has 0 radical (unpaired) electrons. The van der Waals surface area contributed by atoms with Gasteiger partial charge in [0, 0.05) is 29.3 Å². The summed E-state index contributed by atoms with van der Waals surface area (Å²) in [6.07, 6.45) is 1.72. The van der Waals surface area contributed by atoms with Crippen molar-refractivity contribution < 1.29 is 9.53 Å². The highest BCUT2D eigenvalue weighted by Gasteiger charge is 2.16. The summed E-state index contributed by atoms with van der Waals surface area (Å²) >= 11 is 0. The van der Waals surface area contributed by atoms with Gasteiger partial charge >= 0.3 is 0 Å². The van der Waals surface area contributed by atoms with Gasteiger partial charge in [-0.05, 0) is 26.8 Å². The molecule has 0 bridgehead atoms. The quantitative estimate of drug-likeness (QED) is 0.714. The van der Waals surface area contributed by atoms with E-state index in [1.807, 2.05) is 45.0 Å². The highest BCUT2D eigenvalue weighted by Crippen LogP contribution is 2.27. The van der Waals surface area contributed by atoms with E-state index in [1.165, 1.54) is 0 Å². The highest BCUT2D eigenvalue weighted by molar-refractivity contribution is 6.12. The largest absolute Gasteiger partial charge is 0.496 e. The van der Waals surface area contributed by atoms with Crippen LogP contribution in [0.4, 0.5) is 5.95 Å². The Morgan fingerprint density at radius 2 is 1.88 bits per heavy atom. The number of hydrogen-bond donors (Lipinski definition) is 1. The number of rotatable bonds is 5. The van der Waals surface area contributed by atoms with Crippen LogP contribution in [-0.2, 0) is 0 Å². The first-order valence-electron chi connectivity index (χ1n) is 8.20. The van der Waals surface area contributed by atoms with Gasteiger partial charge < -0.3 is 10.1 Å². The Kier molecular flexibility index (Phi) is 4.65. The Balaban J connectivity index is 2.05. The lowest BCUT2D eigenvalue weighted by molar-refractivity contribution is 0.103. The van der Waals surface area contributed by atoms with Gasteiger partial charge in [0.2, 0.25) is 5.95 Å². The second kappa shape index (κ2) is 6.89. The number of aryl methyl sites for hydroxylation is 1. The Labute approximate surface area is 147 Å². The summed E-state index contributed by atoms with van der Waals surface area (Å²) in [5, 5.41) is 3.97. The van der Waals surface area contributed by atoms with Crippen LogP contribution in [-0.4, -0.2) is 28.9 Å². The van der Waals surface area contributed by atoms with Crippen molar-refractivity contribution in [3.8, 4) is 5.75 Å². The van der Waals surface area contributed by atoms with Crippen molar-refractivity contribution in [2.45, 2.75) is 26.8 Å². The summed E-state index contributed by atoms with van der Waals surface area (Å²) in [5.41, 5.74) is 2.98. The van der Waals surface area contributed by atoms with Crippen LogP contribution in [0.1, 0.15) is 35.3 Å². The maximum Gasteiger partial charge on any atom is 0.223 e.